The molecule has 2 unspecified atom stereocenters. The van der Waals surface area contributed by atoms with Crippen molar-refractivity contribution in [2.24, 2.45) is 0 Å². The monoisotopic (exact) mass is 818 g/mol. The van der Waals surface area contributed by atoms with Gasteiger partial charge in [0.05, 0.1) is 36.3 Å². The lowest BCUT2D eigenvalue weighted by atomic mass is 10.0. The third kappa shape index (κ3) is 8.51. The summed E-state index contributed by atoms with van der Waals surface area (Å²) in [6.45, 7) is 3.30. The predicted octanol–water partition coefficient (Wildman–Crippen LogP) is 8.24. The molecule has 12 nitrogen and oxygen atoms in total. The van der Waals surface area contributed by atoms with E-state index in [1.54, 1.807) is 6.92 Å². The van der Waals surface area contributed by atoms with E-state index in [2.05, 4.69) is 34.2 Å². The molecule has 2 aliphatic heterocycles. The van der Waals surface area contributed by atoms with Gasteiger partial charge in [0.2, 0.25) is 11.8 Å². The largest absolute Gasteiger partial charge is 0.461 e. The molecule has 6 aromatic rings. The van der Waals surface area contributed by atoms with Crippen LogP contribution in [0.15, 0.2) is 115 Å². The van der Waals surface area contributed by atoms with Crippen molar-refractivity contribution in [1.29, 1.82) is 0 Å². The first-order valence-electron chi connectivity index (χ1n) is 21.2. The van der Waals surface area contributed by atoms with Crippen LogP contribution in [0.5, 0.6) is 0 Å². The zero-order valence-electron chi connectivity index (χ0n) is 35.5. The number of rotatable bonds is 13. The quantitative estimate of drug-likeness (QED) is 0.112. The summed E-state index contributed by atoms with van der Waals surface area (Å²) in [7, 11) is 7.73. The fraction of sp³-hybridized carbons (Fsp3) is 0.327. The summed E-state index contributed by atoms with van der Waals surface area (Å²) in [6, 6.07) is 34.8. The van der Waals surface area contributed by atoms with Crippen molar-refractivity contribution in [1.82, 2.24) is 39.5 Å². The van der Waals surface area contributed by atoms with Crippen LogP contribution in [0.3, 0.4) is 0 Å². The van der Waals surface area contributed by atoms with Gasteiger partial charge in [0.25, 0.3) is 0 Å². The van der Waals surface area contributed by atoms with Gasteiger partial charge in [-0.1, -0.05) is 109 Å². The minimum atomic E-state index is -0.509. The van der Waals surface area contributed by atoms with Crippen LogP contribution in [0.25, 0.3) is 33.6 Å². The molecule has 8 rings (SSSR count). The Hall–Kier alpha value is -6.37. The minimum Gasteiger partial charge on any atom is -0.461 e. The molecule has 0 bridgehead atoms. The molecular formula is C49H54N8O4. The Bertz CT molecular complexity index is 2440. The number of nitrogens with one attached hydrogen (secondary N) is 2. The summed E-state index contributed by atoms with van der Waals surface area (Å²) in [6.07, 6.45) is 5.19. The molecule has 4 atom stereocenters. The molecular weight excluding hydrogens is 765 g/mol. The van der Waals surface area contributed by atoms with Crippen molar-refractivity contribution in [2.75, 3.05) is 47.9 Å². The normalized spacial score (nSPS) is 17.6. The zero-order valence-corrected chi connectivity index (χ0v) is 35.5. The number of ether oxygens (including phenoxy) is 1. The van der Waals surface area contributed by atoms with Crippen LogP contribution in [0.4, 0.5) is 0 Å². The number of likely N-dealkylation sites (tertiary alicyclic amines) is 2. The molecule has 2 aromatic heterocycles. The summed E-state index contributed by atoms with van der Waals surface area (Å²) in [5.74, 6) is 0.954. The van der Waals surface area contributed by atoms with Gasteiger partial charge in [-0.15, -0.1) is 0 Å². The summed E-state index contributed by atoms with van der Waals surface area (Å²) in [5, 5.41) is 0. The Morgan fingerprint density at radius 1 is 0.656 bits per heavy atom. The summed E-state index contributed by atoms with van der Waals surface area (Å²) in [4.78, 5) is 65.8. The molecule has 2 saturated heterocycles. The average molecular weight is 819 g/mol. The first-order chi connectivity index (χ1) is 29.6. The highest BCUT2D eigenvalue weighted by Gasteiger charge is 2.39. The second-order valence-corrected chi connectivity index (χ2v) is 16.3. The highest BCUT2D eigenvalue weighted by molar-refractivity contribution is 5.94. The number of likely N-dealkylation sites (N-methyl/N-ethyl adjacent to an activating group) is 2. The van der Waals surface area contributed by atoms with E-state index in [4.69, 9.17) is 14.7 Å². The van der Waals surface area contributed by atoms with E-state index in [0.717, 1.165) is 70.6 Å². The van der Waals surface area contributed by atoms with Gasteiger partial charge in [-0.25, -0.2) is 14.8 Å². The second kappa shape index (κ2) is 18.1. The van der Waals surface area contributed by atoms with E-state index in [1.807, 2.05) is 139 Å². The molecule has 0 spiro atoms. The van der Waals surface area contributed by atoms with Crippen LogP contribution in [0, 0.1) is 0 Å². The maximum absolute atomic E-state index is 14.1. The number of carbonyl (C=O) groups excluding carboxylic acids is 3. The lowest BCUT2D eigenvalue weighted by Crippen LogP contribution is -2.40. The van der Waals surface area contributed by atoms with Crippen LogP contribution < -0.4 is 0 Å². The van der Waals surface area contributed by atoms with Gasteiger partial charge in [-0.3, -0.25) is 19.4 Å². The fourth-order valence-corrected chi connectivity index (χ4v) is 8.97. The van der Waals surface area contributed by atoms with Gasteiger partial charge < -0.3 is 24.5 Å². The number of aromatic nitrogens is 4. The molecule has 0 radical (unpaired) electrons. The number of nitrogens with zero attached hydrogens (tertiary/aromatic N) is 6. The van der Waals surface area contributed by atoms with Gasteiger partial charge in [-0.05, 0) is 88.6 Å². The highest BCUT2D eigenvalue weighted by Crippen LogP contribution is 2.38. The van der Waals surface area contributed by atoms with E-state index in [-0.39, 0.29) is 42.2 Å². The Balaban J connectivity index is 0.991. The molecule has 314 valence electrons. The number of imidazole rings is 2. The van der Waals surface area contributed by atoms with Crippen molar-refractivity contribution in [3.63, 3.8) is 0 Å². The van der Waals surface area contributed by atoms with Crippen LogP contribution in [-0.4, -0.2) is 105 Å². The standard InChI is InChI=1S/C49H54N8O4/c1-6-61-49(60)42-41(52-46(53-42)40-20-14-30-57(40)48(59)44(55(4)5)37-17-11-8-12-18-37)35-27-23-33(24-28-35)32-21-25-34(26-22-32)38-31-50-45(51-38)39-19-13-29-56(39)47(58)43(54(2)3)36-15-9-7-10-16-36/h7-12,15-18,21-28,31,39-40,43-44H,6,13-14,19-20,29-30H2,1-5H3,(H,50,51)(H,52,53)/t39-,40?,43?,44+/m0/s1. The summed E-state index contributed by atoms with van der Waals surface area (Å²) in [5.41, 5.74) is 7.40. The molecule has 2 aliphatic rings. The molecule has 2 fully saturated rings. The first kappa shape index (κ1) is 41.4. The molecule has 2 amide bonds. The SMILES string of the molecule is CCOC(=O)c1nc(C2CCCN2C(=O)[C@@H](c2ccccc2)N(C)C)[nH]c1-c1ccc(-c2ccc(-c3cnc([C@@H]4CCCN4C(=O)C(c4ccccc4)N(C)C)[nH]3)cc2)cc1. The Morgan fingerprint density at radius 2 is 1.13 bits per heavy atom. The third-order valence-electron chi connectivity index (χ3n) is 11.9. The van der Waals surface area contributed by atoms with E-state index in [9.17, 15) is 14.4 Å². The molecule has 4 heterocycles. The van der Waals surface area contributed by atoms with Crippen LogP contribution in [0.2, 0.25) is 0 Å². The van der Waals surface area contributed by atoms with E-state index >= 15 is 0 Å². The van der Waals surface area contributed by atoms with Crippen LogP contribution in [-0.2, 0) is 14.3 Å². The van der Waals surface area contributed by atoms with Crippen LogP contribution >= 0.6 is 0 Å². The number of aromatic amines is 2. The molecule has 0 saturated carbocycles. The Labute approximate surface area is 357 Å². The number of carbonyl (C=O) groups is 3. The molecule has 2 N–H and O–H groups in total. The maximum atomic E-state index is 14.1. The van der Waals surface area contributed by atoms with Crippen molar-refractivity contribution >= 4 is 17.8 Å². The fourth-order valence-electron chi connectivity index (χ4n) is 8.97. The number of benzene rings is 4. The lowest BCUT2D eigenvalue weighted by molar-refractivity contribution is -0.138. The smallest absolute Gasteiger partial charge is 0.359 e. The topological polar surface area (TPSA) is 131 Å². The van der Waals surface area contributed by atoms with Crippen LogP contribution in [0.1, 0.15) is 90.0 Å². The third-order valence-corrected chi connectivity index (χ3v) is 11.9. The predicted molar refractivity (Wildman–Crippen MR) is 236 cm³/mol. The zero-order chi connectivity index (χ0) is 42.6. The molecule has 4 aromatic carbocycles. The summed E-state index contributed by atoms with van der Waals surface area (Å²) < 4.78 is 5.45. The number of H-pyrrole nitrogens is 2. The number of hydrogen-bond acceptors (Lipinski definition) is 8. The van der Waals surface area contributed by atoms with Crippen molar-refractivity contribution in [3.05, 3.63) is 144 Å². The van der Waals surface area contributed by atoms with Gasteiger partial charge in [0.15, 0.2) is 5.69 Å². The summed E-state index contributed by atoms with van der Waals surface area (Å²) >= 11 is 0. The minimum absolute atomic E-state index is 0.00227. The van der Waals surface area contributed by atoms with Gasteiger partial charge in [0.1, 0.15) is 23.7 Å². The molecule has 61 heavy (non-hydrogen) atoms. The molecule has 0 aliphatic carbocycles. The van der Waals surface area contributed by atoms with Crippen molar-refractivity contribution in [2.45, 2.75) is 56.8 Å². The lowest BCUT2D eigenvalue weighted by Gasteiger charge is -2.31. The van der Waals surface area contributed by atoms with Gasteiger partial charge in [0, 0.05) is 18.7 Å². The second-order valence-electron chi connectivity index (χ2n) is 16.3. The number of esters is 1. The Morgan fingerprint density at radius 3 is 1.62 bits per heavy atom. The van der Waals surface area contributed by atoms with Gasteiger partial charge >= 0.3 is 5.97 Å². The molecule has 12 heteroatoms. The van der Waals surface area contributed by atoms with Crippen molar-refractivity contribution in [3.8, 4) is 33.6 Å². The first-order valence-corrected chi connectivity index (χ1v) is 21.2. The average Bonchev–Trinajstić information content (AvgIpc) is 4.11. The maximum Gasteiger partial charge on any atom is 0.359 e. The number of amides is 2. The van der Waals surface area contributed by atoms with E-state index < -0.39 is 12.0 Å². The number of hydrogen-bond donors (Lipinski definition) is 2. The van der Waals surface area contributed by atoms with E-state index in [1.165, 1.54) is 0 Å². The van der Waals surface area contributed by atoms with E-state index in [0.29, 0.717) is 24.6 Å². The van der Waals surface area contributed by atoms with Crippen molar-refractivity contribution < 1.29 is 19.1 Å². The van der Waals surface area contributed by atoms with Gasteiger partial charge in [-0.2, -0.15) is 0 Å². The highest BCUT2D eigenvalue weighted by atomic mass is 16.5. The Kier molecular flexibility index (Phi) is 12.3.